The van der Waals surface area contributed by atoms with Gasteiger partial charge in [-0.2, -0.15) is 0 Å². The fourth-order valence-electron chi connectivity index (χ4n) is 3.14. The topological polar surface area (TPSA) is 33.2 Å². The number of thiazole rings is 1. The van der Waals surface area contributed by atoms with Crippen LogP contribution in [-0.4, -0.2) is 23.4 Å². The molecule has 0 aliphatic heterocycles. The Hall–Kier alpha value is -0.900. The number of carbonyl (C=O) groups excluding carboxylic acids is 1. The standard InChI is InChI=1S/C14H20N2OS/c1-2-16(10-6-3-4-7-10)14-15-13-11(17)8-5-9-12(13)18-14/h10H,2-9H2,1H3. The zero-order chi connectivity index (χ0) is 12.5. The largest absolute Gasteiger partial charge is 0.345 e. The molecule has 18 heavy (non-hydrogen) atoms. The van der Waals surface area contributed by atoms with Crippen molar-refractivity contribution in [1.29, 1.82) is 0 Å². The van der Waals surface area contributed by atoms with Crippen molar-refractivity contribution >= 4 is 22.3 Å². The average Bonchev–Trinajstić information content (AvgIpc) is 3.00. The van der Waals surface area contributed by atoms with Crippen LogP contribution in [0.3, 0.4) is 0 Å². The Morgan fingerprint density at radius 2 is 2.06 bits per heavy atom. The van der Waals surface area contributed by atoms with Crippen LogP contribution < -0.4 is 4.90 Å². The summed E-state index contributed by atoms with van der Waals surface area (Å²) in [5.41, 5.74) is 0.776. The van der Waals surface area contributed by atoms with Gasteiger partial charge in [-0.1, -0.05) is 12.8 Å². The number of hydrogen-bond donors (Lipinski definition) is 0. The first-order chi connectivity index (χ1) is 8.79. The second kappa shape index (κ2) is 5.00. The predicted octanol–water partition coefficient (Wildman–Crippen LogP) is 3.43. The molecule has 3 nitrogen and oxygen atoms in total. The fraction of sp³-hybridized carbons (Fsp3) is 0.714. The van der Waals surface area contributed by atoms with E-state index < -0.39 is 0 Å². The normalized spacial score (nSPS) is 20.2. The lowest BCUT2D eigenvalue weighted by atomic mass is 10.0. The molecule has 4 heteroatoms. The third-order valence-corrected chi connectivity index (χ3v) is 5.26. The molecule has 98 valence electrons. The quantitative estimate of drug-likeness (QED) is 0.838. The Bertz CT molecular complexity index is 449. The van der Waals surface area contributed by atoms with E-state index >= 15 is 0 Å². The summed E-state index contributed by atoms with van der Waals surface area (Å²) >= 11 is 1.75. The van der Waals surface area contributed by atoms with E-state index in [0.29, 0.717) is 12.5 Å². The maximum absolute atomic E-state index is 11.9. The number of Topliss-reactive ketones (excluding diaryl/α,β-unsaturated/α-hetero) is 1. The van der Waals surface area contributed by atoms with E-state index in [1.165, 1.54) is 30.6 Å². The highest BCUT2D eigenvalue weighted by Crippen LogP contribution is 2.35. The highest BCUT2D eigenvalue weighted by Gasteiger charge is 2.28. The lowest BCUT2D eigenvalue weighted by Gasteiger charge is -2.26. The first kappa shape index (κ1) is 12.2. The summed E-state index contributed by atoms with van der Waals surface area (Å²) in [6, 6.07) is 0.651. The summed E-state index contributed by atoms with van der Waals surface area (Å²) in [7, 11) is 0. The zero-order valence-corrected chi connectivity index (χ0v) is 11.8. The molecule has 0 aromatic carbocycles. The van der Waals surface area contributed by atoms with E-state index in [1.54, 1.807) is 11.3 Å². The van der Waals surface area contributed by atoms with Crippen molar-refractivity contribution < 1.29 is 4.79 Å². The Kier molecular flexibility index (Phi) is 3.37. The van der Waals surface area contributed by atoms with Gasteiger partial charge in [-0.3, -0.25) is 4.79 Å². The van der Waals surface area contributed by atoms with Gasteiger partial charge in [0.1, 0.15) is 5.69 Å². The molecule has 0 atom stereocenters. The van der Waals surface area contributed by atoms with Gasteiger partial charge in [-0.25, -0.2) is 4.98 Å². The van der Waals surface area contributed by atoms with Crippen molar-refractivity contribution in [3.63, 3.8) is 0 Å². The molecule has 1 heterocycles. The van der Waals surface area contributed by atoms with Gasteiger partial charge in [0, 0.05) is 23.9 Å². The maximum atomic E-state index is 11.9. The number of nitrogens with zero attached hydrogens (tertiary/aromatic N) is 2. The van der Waals surface area contributed by atoms with E-state index in [0.717, 1.165) is 30.2 Å². The van der Waals surface area contributed by atoms with Gasteiger partial charge in [0.2, 0.25) is 0 Å². The number of hydrogen-bond acceptors (Lipinski definition) is 4. The molecule has 2 aliphatic rings. The van der Waals surface area contributed by atoms with Gasteiger partial charge in [-0.15, -0.1) is 11.3 Å². The van der Waals surface area contributed by atoms with Crippen LogP contribution in [0.15, 0.2) is 0 Å². The van der Waals surface area contributed by atoms with Crippen LogP contribution >= 0.6 is 11.3 Å². The van der Waals surface area contributed by atoms with E-state index in [4.69, 9.17) is 0 Å². The summed E-state index contributed by atoms with van der Waals surface area (Å²) in [6.45, 7) is 3.20. The number of aryl methyl sites for hydroxylation is 1. The number of rotatable bonds is 3. The zero-order valence-electron chi connectivity index (χ0n) is 10.9. The van der Waals surface area contributed by atoms with Crippen molar-refractivity contribution in [3.8, 4) is 0 Å². The van der Waals surface area contributed by atoms with Crippen molar-refractivity contribution in [2.75, 3.05) is 11.4 Å². The molecule has 0 unspecified atom stereocenters. The second-order valence-electron chi connectivity index (χ2n) is 5.27. The summed E-state index contributed by atoms with van der Waals surface area (Å²) in [5.74, 6) is 0.251. The predicted molar refractivity (Wildman–Crippen MR) is 74.7 cm³/mol. The Morgan fingerprint density at radius 3 is 2.72 bits per heavy atom. The molecule has 0 saturated heterocycles. The van der Waals surface area contributed by atoms with Crippen molar-refractivity contribution in [2.45, 2.75) is 57.9 Å². The van der Waals surface area contributed by atoms with Gasteiger partial charge in [0.05, 0.1) is 0 Å². The van der Waals surface area contributed by atoms with Crippen LogP contribution in [0.1, 0.15) is 60.8 Å². The van der Waals surface area contributed by atoms with Gasteiger partial charge in [0.15, 0.2) is 10.9 Å². The third-order valence-electron chi connectivity index (χ3n) is 4.11. The maximum Gasteiger partial charge on any atom is 0.186 e. The van der Waals surface area contributed by atoms with E-state index in [1.807, 2.05) is 0 Å². The molecule has 1 fully saturated rings. The lowest BCUT2D eigenvalue weighted by molar-refractivity contribution is 0.0968. The molecule has 3 rings (SSSR count). The number of aromatic nitrogens is 1. The summed E-state index contributed by atoms with van der Waals surface area (Å²) in [5, 5.41) is 1.09. The van der Waals surface area contributed by atoms with Crippen molar-refractivity contribution in [1.82, 2.24) is 4.98 Å². The molecule has 0 bridgehead atoms. The molecule has 0 radical (unpaired) electrons. The third kappa shape index (κ3) is 2.07. The Labute approximate surface area is 112 Å². The first-order valence-electron chi connectivity index (χ1n) is 7.09. The molecular weight excluding hydrogens is 244 g/mol. The summed E-state index contributed by atoms with van der Waals surface area (Å²) in [6.07, 6.45) is 7.98. The number of fused-ring (bicyclic) bond motifs is 1. The molecular formula is C14H20N2OS. The van der Waals surface area contributed by atoms with Crippen LogP contribution in [0.4, 0.5) is 5.13 Å². The number of ketones is 1. The lowest BCUT2D eigenvalue weighted by Crippen LogP contribution is -2.32. The molecule has 1 aromatic heterocycles. The van der Waals surface area contributed by atoms with Gasteiger partial charge < -0.3 is 4.90 Å². The minimum absolute atomic E-state index is 0.251. The van der Waals surface area contributed by atoms with Crippen molar-refractivity contribution in [2.24, 2.45) is 0 Å². The second-order valence-corrected chi connectivity index (χ2v) is 6.33. The summed E-state index contributed by atoms with van der Waals surface area (Å²) in [4.78, 5) is 20.1. The molecule has 2 aliphatic carbocycles. The molecule has 0 N–H and O–H groups in total. The van der Waals surface area contributed by atoms with E-state index in [-0.39, 0.29) is 5.78 Å². The molecule has 0 amide bonds. The van der Waals surface area contributed by atoms with E-state index in [9.17, 15) is 4.79 Å². The van der Waals surface area contributed by atoms with E-state index in [2.05, 4.69) is 16.8 Å². The fourth-order valence-corrected chi connectivity index (χ4v) is 4.40. The summed E-state index contributed by atoms with van der Waals surface area (Å²) < 4.78 is 0. The Balaban J connectivity index is 1.88. The average molecular weight is 264 g/mol. The van der Waals surface area contributed by atoms with Gasteiger partial charge >= 0.3 is 0 Å². The van der Waals surface area contributed by atoms with Crippen LogP contribution in [0, 0.1) is 0 Å². The monoisotopic (exact) mass is 264 g/mol. The van der Waals surface area contributed by atoms with Crippen LogP contribution in [0.25, 0.3) is 0 Å². The number of carbonyl (C=O) groups is 1. The Morgan fingerprint density at radius 1 is 1.28 bits per heavy atom. The van der Waals surface area contributed by atoms with Crippen LogP contribution in [0.5, 0.6) is 0 Å². The SMILES string of the molecule is CCN(c1nc2c(s1)CCCC2=O)C1CCCC1. The smallest absolute Gasteiger partial charge is 0.186 e. The van der Waals surface area contributed by atoms with Crippen LogP contribution in [0.2, 0.25) is 0 Å². The highest BCUT2D eigenvalue weighted by molar-refractivity contribution is 7.16. The minimum Gasteiger partial charge on any atom is -0.345 e. The minimum atomic E-state index is 0.251. The highest BCUT2D eigenvalue weighted by atomic mass is 32.1. The number of anilines is 1. The van der Waals surface area contributed by atoms with Crippen LogP contribution in [-0.2, 0) is 6.42 Å². The molecule has 1 aromatic rings. The van der Waals surface area contributed by atoms with Gasteiger partial charge in [0.25, 0.3) is 0 Å². The van der Waals surface area contributed by atoms with Crippen molar-refractivity contribution in [3.05, 3.63) is 10.6 Å². The van der Waals surface area contributed by atoms with Gasteiger partial charge in [-0.05, 0) is 32.6 Å². The molecule has 1 saturated carbocycles. The molecule has 0 spiro atoms. The first-order valence-corrected chi connectivity index (χ1v) is 7.90.